The molecular formula is C14H17ClN2O3. The van der Waals surface area contributed by atoms with Crippen molar-refractivity contribution < 1.29 is 14.7 Å². The fourth-order valence-electron chi connectivity index (χ4n) is 3.16. The van der Waals surface area contributed by atoms with Crippen molar-refractivity contribution >= 4 is 23.5 Å². The van der Waals surface area contributed by atoms with E-state index in [4.69, 9.17) is 11.6 Å². The van der Waals surface area contributed by atoms with E-state index in [2.05, 4.69) is 0 Å². The number of aliphatic carboxylic acids is 1. The Kier molecular flexibility index (Phi) is 3.24. The normalized spacial score (nSPS) is 26.0. The summed E-state index contributed by atoms with van der Waals surface area (Å²) >= 11 is 5.90. The fraction of sp³-hybridized carbons (Fsp3) is 0.571. The Morgan fingerprint density at radius 3 is 2.55 bits per heavy atom. The van der Waals surface area contributed by atoms with Crippen LogP contribution in [-0.2, 0) is 11.8 Å². The van der Waals surface area contributed by atoms with Gasteiger partial charge in [0.1, 0.15) is 5.69 Å². The van der Waals surface area contributed by atoms with Crippen LogP contribution in [0.25, 0.3) is 0 Å². The maximum Gasteiger partial charge on any atom is 0.308 e. The van der Waals surface area contributed by atoms with Gasteiger partial charge < -0.3 is 14.6 Å². The largest absolute Gasteiger partial charge is 0.481 e. The van der Waals surface area contributed by atoms with Crippen LogP contribution in [0.5, 0.6) is 0 Å². The maximum atomic E-state index is 12.5. The summed E-state index contributed by atoms with van der Waals surface area (Å²) in [6.07, 6.45) is 3.86. The second-order valence-corrected chi connectivity index (χ2v) is 6.25. The van der Waals surface area contributed by atoms with E-state index in [0.29, 0.717) is 29.7 Å². The minimum Gasteiger partial charge on any atom is -0.481 e. The summed E-state index contributed by atoms with van der Waals surface area (Å²) in [6.45, 7) is 0.849. The van der Waals surface area contributed by atoms with Crippen molar-refractivity contribution in [3.8, 4) is 0 Å². The average molecular weight is 297 g/mol. The molecule has 6 heteroatoms. The highest BCUT2D eigenvalue weighted by atomic mass is 35.5. The molecule has 0 unspecified atom stereocenters. The van der Waals surface area contributed by atoms with Gasteiger partial charge in [-0.05, 0) is 30.7 Å². The van der Waals surface area contributed by atoms with Gasteiger partial charge in [0.15, 0.2) is 0 Å². The molecule has 0 aromatic carbocycles. The lowest BCUT2D eigenvalue weighted by molar-refractivity contribution is -0.142. The topological polar surface area (TPSA) is 62.5 Å². The quantitative estimate of drug-likeness (QED) is 0.926. The van der Waals surface area contributed by atoms with Crippen molar-refractivity contribution in [1.29, 1.82) is 0 Å². The predicted octanol–water partition coefficient (Wildman–Crippen LogP) is 1.86. The van der Waals surface area contributed by atoms with Crippen LogP contribution in [0.15, 0.2) is 12.3 Å². The number of rotatable bonds is 3. The molecule has 2 aliphatic rings. The number of carbonyl (C=O) groups excluding carboxylic acids is 1. The van der Waals surface area contributed by atoms with E-state index in [0.717, 1.165) is 12.8 Å². The molecule has 5 nitrogen and oxygen atoms in total. The molecule has 1 amide bonds. The SMILES string of the molecule is Cn1cc(Cl)cc1C(=O)N1C[C@H](C(=O)O)[C@@H](C2CC2)C1. The number of carbonyl (C=O) groups is 2. The lowest BCUT2D eigenvalue weighted by Crippen LogP contribution is -2.31. The zero-order valence-electron chi connectivity index (χ0n) is 11.3. The molecule has 2 heterocycles. The van der Waals surface area contributed by atoms with Gasteiger partial charge in [-0.25, -0.2) is 0 Å². The van der Waals surface area contributed by atoms with Gasteiger partial charge >= 0.3 is 5.97 Å². The third-order valence-corrected chi connectivity index (χ3v) is 4.59. The van der Waals surface area contributed by atoms with Gasteiger partial charge in [-0.1, -0.05) is 11.6 Å². The Hall–Kier alpha value is -1.49. The summed E-state index contributed by atoms with van der Waals surface area (Å²) in [5.74, 6) is -0.767. The molecule has 1 aromatic rings. The Labute approximate surface area is 122 Å². The number of carboxylic acids is 1. The first-order valence-corrected chi connectivity index (χ1v) is 7.19. The third-order valence-electron chi connectivity index (χ3n) is 4.39. The smallest absolute Gasteiger partial charge is 0.308 e. The van der Waals surface area contributed by atoms with Crippen LogP contribution in [0.4, 0.5) is 0 Å². The molecule has 1 saturated heterocycles. The van der Waals surface area contributed by atoms with Crippen LogP contribution in [0.3, 0.4) is 0 Å². The Morgan fingerprint density at radius 1 is 1.35 bits per heavy atom. The second kappa shape index (κ2) is 4.81. The van der Waals surface area contributed by atoms with E-state index in [1.807, 2.05) is 0 Å². The molecule has 0 bridgehead atoms. The van der Waals surface area contributed by atoms with Gasteiger partial charge in [0.05, 0.1) is 10.9 Å². The van der Waals surface area contributed by atoms with Crippen LogP contribution in [0, 0.1) is 17.8 Å². The highest BCUT2D eigenvalue weighted by molar-refractivity contribution is 6.31. The number of aryl methyl sites for hydroxylation is 1. The minimum absolute atomic E-state index is 0.104. The number of hydrogen-bond donors (Lipinski definition) is 1. The van der Waals surface area contributed by atoms with Crippen molar-refractivity contribution in [3.63, 3.8) is 0 Å². The van der Waals surface area contributed by atoms with E-state index >= 15 is 0 Å². The molecule has 1 saturated carbocycles. The van der Waals surface area contributed by atoms with Gasteiger partial charge in [0, 0.05) is 26.3 Å². The summed E-state index contributed by atoms with van der Waals surface area (Å²) in [7, 11) is 1.77. The van der Waals surface area contributed by atoms with Gasteiger partial charge in [-0.3, -0.25) is 9.59 Å². The highest BCUT2D eigenvalue weighted by Gasteiger charge is 2.47. The number of amides is 1. The first-order valence-electron chi connectivity index (χ1n) is 6.81. The molecule has 1 N–H and O–H groups in total. The lowest BCUT2D eigenvalue weighted by Gasteiger charge is -2.16. The van der Waals surface area contributed by atoms with E-state index < -0.39 is 11.9 Å². The second-order valence-electron chi connectivity index (χ2n) is 5.81. The molecule has 1 aromatic heterocycles. The van der Waals surface area contributed by atoms with Gasteiger partial charge in [0.2, 0.25) is 0 Å². The van der Waals surface area contributed by atoms with E-state index in [1.165, 1.54) is 0 Å². The molecule has 1 aliphatic carbocycles. The summed E-state index contributed by atoms with van der Waals surface area (Å²) in [6, 6.07) is 1.63. The zero-order chi connectivity index (χ0) is 14.4. The molecule has 2 atom stereocenters. The van der Waals surface area contributed by atoms with E-state index in [9.17, 15) is 14.7 Å². The number of hydrogen-bond acceptors (Lipinski definition) is 2. The number of aromatic nitrogens is 1. The third kappa shape index (κ3) is 2.30. The van der Waals surface area contributed by atoms with Crippen molar-refractivity contribution in [3.05, 3.63) is 23.0 Å². The Morgan fingerprint density at radius 2 is 2.05 bits per heavy atom. The van der Waals surface area contributed by atoms with E-state index in [-0.39, 0.29) is 11.8 Å². The average Bonchev–Trinajstić information content (AvgIpc) is 3.03. The summed E-state index contributed by atoms with van der Waals surface area (Å²) in [4.78, 5) is 25.5. The summed E-state index contributed by atoms with van der Waals surface area (Å²) in [5.41, 5.74) is 0.510. The van der Waals surface area contributed by atoms with Gasteiger partial charge in [-0.15, -0.1) is 0 Å². The lowest BCUT2D eigenvalue weighted by atomic mass is 9.92. The van der Waals surface area contributed by atoms with Crippen LogP contribution in [0.1, 0.15) is 23.3 Å². The molecule has 20 heavy (non-hydrogen) atoms. The Bertz CT molecular complexity index is 565. The Balaban J connectivity index is 1.79. The molecule has 108 valence electrons. The number of carboxylic acid groups (broad SMARTS) is 1. The first kappa shape index (κ1) is 13.5. The number of nitrogens with zero attached hydrogens (tertiary/aromatic N) is 2. The molecule has 1 aliphatic heterocycles. The van der Waals surface area contributed by atoms with Crippen molar-refractivity contribution in [2.45, 2.75) is 12.8 Å². The van der Waals surface area contributed by atoms with E-state index in [1.54, 1.807) is 28.8 Å². The monoisotopic (exact) mass is 296 g/mol. The van der Waals surface area contributed by atoms with Crippen LogP contribution < -0.4 is 0 Å². The fourth-order valence-corrected chi connectivity index (χ4v) is 3.41. The number of likely N-dealkylation sites (tertiary alicyclic amines) is 1. The summed E-state index contributed by atoms with van der Waals surface area (Å²) < 4.78 is 1.69. The highest BCUT2D eigenvalue weighted by Crippen LogP contribution is 2.44. The van der Waals surface area contributed by atoms with Crippen LogP contribution in [-0.4, -0.2) is 39.5 Å². The van der Waals surface area contributed by atoms with Crippen LogP contribution in [0.2, 0.25) is 5.02 Å². The molecule has 2 fully saturated rings. The maximum absolute atomic E-state index is 12.5. The molecule has 0 radical (unpaired) electrons. The molecular weight excluding hydrogens is 280 g/mol. The minimum atomic E-state index is -0.790. The zero-order valence-corrected chi connectivity index (χ0v) is 12.0. The predicted molar refractivity (Wildman–Crippen MR) is 73.7 cm³/mol. The first-order chi connectivity index (χ1) is 9.47. The standard InChI is InChI=1S/C14H17ClN2O3/c1-16-5-9(15)4-12(16)13(18)17-6-10(8-2-3-8)11(7-17)14(19)20/h4-5,8,10-11H,2-3,6-7H2,1H3,(H,19,20)/t10-,11+/m1/s1. The van der Waals surface area contributed by atoms with Crippen molar-refractivity contribution in [2.75, 3.05) is 13.1 Å². The van der Waals surface area contributed by atoms with Crippen LogP contribution >= 0.6 is 11.6 Å². The van der Waals surface area contributed by atoms with Crippen molar-refractivity contribution in [1.82, 2.24) is 9.47 Å². The molecule has 0 spiro atoms. The number of halogens is 1. The van der Waals surface area contributed by atoms with Gasteiger partial charge in [-0.2, -0.15) is 0 Å². The molecule has 3 rings (SSSR count). The van der Waals surface area contributed by atoms with Gasteiger partial charge in [0.25, 0.3) is 5.91 Å². The van der Waals surface area contributed by atoms with Crippen molar-refractivity contribution in [2.24, 2.45) is 24.8 Å². The summed E-state index contributed by atoms with van der Waals surface area (Å²) in [5, 5.41) is 9.84.